The summed E-state index contributed by atoms with van der Waals surface area (Å²) in [6.45, 7) is 7.77. The number of hydrogen-bond acceptors (Lipinski definition) is 2. The Bertz CT molecular complexity index is 356. The van der Waals surface area contributed by atoms with E-state index in [2.05, 4.69) is 42.7 Å². The molecule has 1 heterocycles. The lowest BCUT2D eigenvalue weighted by molar-refractivity contribution is 0.449. The molecule has 2 rings (SSSR count). The molecule has 0 saturated heterocycles. The third-order valence-electron chi connectivity index (χ3n) is 3.80. The lowest BCUT2D eigenvalue weighted by Gasteiger charge is -2.13. The van der Waals surface area contributed by atoms with E-state index in [4.69, 9.17) is 0 Å². The van der Waals surface area contributed by atoms with Gasteiger partial charge < -0.3 is 10.6 Å². The van der Waals surface area contributed by atoms with Gasteiger partial charge in [-0.05, 0) is 36.1 Å². The molecule has 0 bridgehead atoms. The van der Waals surface area contributed by atoms with Crippen molar-refractivity contribution in [2.24, 2.45) is 5.92 Å². The predicted octanol–water partition coefficient (Wildman–Crippen LogP) is 3.18. The van der Waals surface area contributed by atoms with Gasteiger partial charge in [-0.2, -0.15) is 0 Å². The van der Waals surface area contributed by atoms with Crippen LogP contribution < -0.4 is 10.6 Å². The molecule has 0 fully saturated rings. The highest BCUT2D eigenvalue weighted by Crippen LogP contribution is 2.23. The predicted molar refractivity (Wildman–Crippen MR) is 74.4 cm³/mol. The summed E-state index contributed by atoms with van der Waals surface area (Å²) in [5.74, 6) is 0.822. The fraction of sp³-hybridized carbons (Fsp3) is 0.600. The van der Waals surface area contributed by atoms with Gasteiger partial charge in [0.05, 0.1) is 0 Å². The SMILES string of the molecule is CCC(CC)CNCc1ccc2c(c1)NCC2. The summed E-state index contributed by atoms with van der Waals surface area (Å²) in [6, 6.07) is 6.82. The minimum Gasteiger partial charge on any atom is -0.384 e. The van der Waals surface area contributed by atoms with Gasteiger partial charge in [0, 0.05) is 18.8 Å². The Morgan fingerprint density at radius 2 is 2.12 bits per heavy atom. The maximum Gasteiger partial charge on any atom is 0.0376 e. The van der Waals surface area contributed by atoms with E-state index in [1.165, 1.54) is 36.1 Å². The zero-order valence-corrected chi connectivity index (χ0v) is 11.1. The third-order valence-corrected chi connectivity index (χ3v) is 3.80. The van der Waals surface area contributed by atoms with Gasteiger partial charge in [0.1, 0.15) is 0 Å². The Kier molecular flexibility index (Phi) is 4.43. The maximum atomic E-state index is 3.57. The molecule has 0 aromatic heterocycles. The molecule has 1 aromatic rings. The van der Waals surface area contributed by atoms with Crippen LogP contribution in [0.2, 0.25) is 0 Å². The molecule has 0 amide bonds. The van der Waals surface area contributed by atoms with Crippen LogP contribution in [-0.4, -0.2) is 13.1 Å². The standard InChI is InChI=1S/C15H24N2/c1-3-12(4-2)10-16-11-13-5-6-14-7-8-17-15(14)9-13/h5-6,9,12,16-17H,3-4,7-8,10-11H2,1-2H3. The summed E-state index contributed by atoms with van der Waals surface area (Å²) in [6.07, 6.45) is 3.72. The van der Waals surface area contributed by atoms with E-state index in [1.54, 1.807) is 0 Å². The van der Waals surface area contributed by atoms with Crippen LogP contribution in [0.4, 0.5) is 5.69 Å². The van der Waals surface area contributed by atoms with Crippen molar-refractivity contribution >= 4 is 5.69 Å². The van der Waals surface area contributed by atoms with Gasteiger partial charge in [-0.15, -0.1) is 0 Å². The Morgan fingerprint density at radius 3 is 2.88 bits per heavy atom. The van der Waals surface area contributed by atoms with Gasteiger partial charge in [0.2, 0.25) is 0 Å². The topological polar surface area (TPSA) is 24.1 Å². The van der Waals surface area contributed by atoms with Crippen molar-refractivity contribution in [3.63, 3.8) is 0 Å². The van der Waals surface area contributed by atoms with Gasteiger partial charge >= 0.3 is 0 Å². The fourth-order valence-electron chi connectivity index (χ4n) is 2.45. The summed E-state index contributed by atoms with van der Waals surface area (Å²) in [5.41, 5.74) is 4.20. The van der Waals surface area contributed by atoms with Crippen LogP contribution in [0.25, 0.3) is 0 Å². The number of benzene rings is 1. The quantitative estimate of drug-likeness (QED) is 0.787. The van der Waals surface area contributed by atoms with E-state index in [9.17, 15) is 0 Å². The first kappa shape index (κ1) is 12.4. The number of hydrogen-bond donors (Lipinski definition) is 2. The lowest BCUT2D eigenvalue weighted by atomic mass is 10.0. The minimum absolute atomic E-state index is 0.822. The van der Waals surface area contributed by atoms with Crippen LogP contribution >= 0.6 is 0 Å². The van der Waals surface area contributed by atoms with E-state index in [1.807, 2.05) is 0 Å². The monoisotopic (exact) mass is 232 g/mol. The highest BCUT2D eigenvalue weighted by atomic mass is 14.9. The molecule has 0 aliphatic carbocycles. The second-order valence-electron chi connectivity index (χ2n) is 4.98. The second kappa shape index (κ2) is 6.06. The first-order valence-corrected chi connectivity index (χ1v) is 6.89. The van der Waals surface area contributed by atoms with Gasteiger partial charge in [0.15, 0.2) is 0 Å². The van der Waals surface area contributed by atoms with E-state index in [0.717, 1.165) is 25.6 Å². The van der Waals surface area contributed by atoms with E-state index in [0.29, 0.717) is 0 Å². The molecule has 1 aromatic carbocycles. The second-order valence-corrected chi connectivity index (χ2v) is 4.98. The summed E-state index contributed by atoms with van der Waals surface area (Å²) >= 11 is 0. The van der Waals surface area contributed by atoms with Crippen molar-refractivity contribution in [3.8, 4) is 0 Å². The fourth-order valence-corrected chi connectivity index (χ4v) is 2.45. The first-order chi connectivity index (χ1) is 8.33. The first-order valence-electron chi connectivity index (χ1n) is 6.89. The average molecular weight is 232 g/mol. The normalized spacial score (nSPS) is 13.8. The highest BCUT2D eigenvalue weighted by molar-refractivity contribution is 5.56. The van der Waals surface area contributed by atoms with Crippen LogP contribution in [0, 0.1) is 5.92 Å². The van der Waals surface area contributed by atoms with Gasteiger partial charge in [-0.25, -0.2) is 0 Å². The van der Waals surface area contributed by atoms with Crippen LogP contribution in [0.15, 0.2) is 18.2 Å². The van der Waals surface area contributed by atoms with Crippen molar-refractivity contribution in [1.82, 2.24) is 5.32 Å². The molecule has 94 valence electrons. The minimum atomic E-state index is 0.822. The molecular formula is C15H24N2. The molecule has 0 unspecified atom stereocenters. The number of fused-ring (bicyclic) bond motifs is 1. The Morgan fingerprint density at radius 1 is 1.29 bits per heavy atom. The van der Waals surface area contributed by atoms with Crippen LogP contribution in [0.3, 0.4) is 0 Å². The Balaban J connectivity index is 1.83. The molecule has 2 N–H and O–H groups in total. The van der Waals surface area contributed by atoms with Crippen LogP contribution in [0.1, 0.15) is 37.8 Å². The molecule has 2 nitrogen and oxygen atoms in total. The molecule has 0 atom stereocenters. The largest absolute Gasteiger partial charge is 0.384 e. The van der Waals surface area contributed by atoms with E-state index in [-0.39, 0.29) is 0 Å². The summed E-state index contributed by atoms with van der Waals surface area (Å²) in [4.78, 5) is 0. The molecule has 1 aliphatic rings. The zero-order chi connectivity index (χ0) is 12.1. The highest BCUT2D eigenvalue weighted by Gasteiger charge is 2.09. The number of rotatable bonds is 6. The van der Waals surface area contributed by atoms with Gasteiger partial charge in [0.25, 0.3) is 0 Å². The van der Waals surface area contributed by atoms with Crippen molar-refractivity contribution in [1.29, 1.82) is 0 Å². The Hall–Kier alpha value is -1.02. The van der Waals surface area contributed by atoms with E-state index < -0.39 is 0 Å². The van der Waals surface area contributed by atoms with Gasteiger partial charge in [-0.1, -0.05) is 38.8 Å². The van der Waals surface area contributed by atoms with Gasteiger partial charge in [-0.3, -0.25) is 0 Å². The average Bonchev–Trinajstić information content (AvgIpc) is 2.82. The van der Waals surface area contributed by atoms with Crippen LogP contribution in [-0.2, 0) is 13.0 Å². The van der Waals surface area contributed by atoms with Crippen LogP contribution in [0.5, 0.6) is 0 Å². The molecule has 0 radical (unpaired) electrons. The number of nitrogens with one attached hydrogen (secondary N) is 2. The summed E-state index contributed by atoms with van der Waals surface area (Å²) < 4.78 is 0. The third kappa shape index (κ3) is 3.22. The Labute approximate surface area is 105 Å². The van der Waals surface area contributed by atoms with Crippen molar-refractivity contribution < 1.29 is 0 Å². The maximum absolute atomic E-state index is 3.57. The number of anilines is 1. The van der Waals surface area contributed by atoms with Crippen molar-refractivity contribution in [3.05, 3.63) is 29.3 Å². The molecule has 0 saturated carbocycles. The summed E-state index contributed by atoms with van der Waals surface area (Å²) in [5, 5.41) is 7.00. The zero-order valence-electron chi connectivity index (χ0n) is 11.1. The van der Waals surface area contributed by atoms with Crippen molar-refractivity contribution in [2.75, 3.05) is 18.4 Å². The molecule has 2 heteroatoms. The molecule has 0 spiro atoms. The molecule has 1 aliphatic heterocycles. The molecule has 17 heavy (non-hydrogen) atoms. The van der Waals surface area contributed by atoms with E-state index >= 15 is 0 Å². The smallest absolute Gasteiger partial charge is 0.0376 e. The molecular weight excluding hydrogens is 208 g/mol. The summed E-state index contributed by atoms with van der Waals surface area (Å²) in [7, 11) is 0. The lowest BCUT2D eigenvalue weighted by Crippen LogP contribution is -2.21. The van der Waals surface area contributed by atoms with Crippen molar-refractivity contribution in [2.45, 2.75) is 39.7 Å².